The summed E-state index contributed by atoms with van der Waals surface area (Å²) in [5.74, 6) is -1.36. The van der Waals surface area contributed by atoms with E-state index in [1.807, 2.05) is 0 Å². The summed E-state index contributed by atoms with van der Waals surface area (Å²) < 4.78 is 12.9. The molecule has 19 heavy (non-hydrogen) atoms. The molecule has 1 aliphatic heterocycles. The molecule has 0 saturated carbocycles. The van der Waals surface area contributed by atoms with Crippen molar-refractivity contribution in [3.63, 3.8) is 0 Å². The lowest BCUT2D eigenvalue weighted by molar-refractivity contribution is -0.130. The second kappa shape index (κ2) is 6.26. The highest BCUT2D eigenvalue weighted by Gasteiger charge is 2.17. The van der Waals surface area contributed by atoms with Gasteiger partial charge in [-0.15, -0.1) is 0 Å². The molecule has 6 heteroatoms. The van der Waals surface area contributed by atoms with Gasteiger partial charge in [0.05, 0.1) is 6.54 Å². The lowest BCUT2D eigenvalue weighted by atomic mass is 10.1. The van der Waals surface area contributed by atoms with Gasteiger partial charge in [0.1, 0.15) is 5.69 Å². The van der Waals surface area contributed by atoms with Crippen molar-refractivity contribution in [1.29, 1.82) is 0 Å². The second-order valence-corrected chi connectivity index (χ2v) is 4.47. The smallest absolute Gasteiger partial charge is 0.270 e. The Morgan fingerprint density at radius 1 is 1.26 bits per heavy atom. The highest BCUT2D eigenvalue weighted by Crippen LogP contribution is 2.08. The first-order chi connectivity index (χ1) is 9.16. The first kappa shape index (κ1) is 13.5. The number of nitrogens with one attached hydrogen (secondary N) is 1. The average Bonchev–Trinajstić information content (AvgIpc) is 2.45. The monoisotopic (exact) mass is 265 g/mol. The molecule has 0 aromatic carbocycles. The molecule has 1 aliphatic rings. The van der Waals surface area contributed by atoms with E-state index in [1.165, 1.54) is 12.1 Å². The van der Waals surface area contributed by atoms with E-state index in [2.05, 4.69) is 10.3 Å². The zero-order valence-electron chi connectivity index (χ0n) is 10.6. The van der Waals surface area contributed by atoms with E-state index in [4.69, 9.17) is 0 Å². The number of pyridine rings is 1. The molecule has 0 radical (unpaired) electrons. The average molecular weight is 265 g/mol. The molecule has 102 valence electrons. The standard InChI is InChI=1S/C13H16FN3O2/c14-11-6-4-5-10(16-11)13(19)15-9-12(18)17-7-2-1-3-8-17/h4-6H,1-3,7-9H2,(H,15,19). The second-order valence-electron chi connectivity index (χ2n) is 4.47. The third-order valence-electron chi connectivity index (χ3n) is 3.06. The van der Waals surface area contributed by atoms with Crippen molar-refractivity contribution < 1.29 is 14.0 Å². The van der Waals surface area contributed by atoms with Gasteiger partial charge < -0.3 is 10.2 Å². The largest absolute Gasteiger partial charge is 0.342 e. The maximum Gasteiger partial charge on any atom is 0.270 e. The van der Waals surface area contributed by atoms with Crippen LogP contribution in [-0.2, 0) is 4.79 Å². The number of rotatable bonds is 3. The summed E-state index contributed by atoms with van der Waals surface area (Å²) >= 11 is 0. The molecule has 1 saturated heterocycles. The number of nitrogens with zero attached hydrogens (tertiary/aromatic N) is 2. The van der Waals surface area contributed by atoms with Gasteiger partial charge in [-0.1, -0.05) is 6.07 Å². The van der Waals surface area contributed by atoms with Gasteiger partial charge >= 0.3 is 0 Å². The molecule has 1 aromatic rings. The molecule has 1 N–H and O–H groups in total. The highest BCUT2D eigenvalue weighted by molar-refractivity contribution is 5.94. The first-order valence-corrected chi connectivity index (χ1v) is 6.35. The number of hydrogen-bond acceptors (Lipinski definition) is 3. The molecular formula is C13H16FN3O2. The van der Waals surface area contributed by atoms with Crippen LogP contribution in [0.3, 0.4) is 0 Å². The van der Waals surface area contributed by atoms with Crippen molar-refractivity contribution in [2.75, 3.05) is 19.6 Å². The van der Waals surface area contributed by atoms with Crippen molar-refractivity contribution >= 4 is 11.8 Å². The number of aromatic nitrogens is 1. The van der Waals surface area contributed by atoms with Crippen LogP contribution in [0.2, 0.25) is 0 Å². The van der Waals surface area contributed by atoms with E-state index in [-0.39, 0.29) is 18.1 Å². The number of halogens is 1. The Morgan fingerprint density at radius 2 is 2.00 bits per heavy atom. The predicted octanol–water partition coefficient (Wildman–Crippen LogP) is 0.963. The molecule has 1 aromatic heterocycles. The molecule has 2 heterocycles. The van der Waals surface area contributed by atoms with Crippen LogP contribution in [-0.4, -0.2) is 41.3 Å². The van der Waals surface area contributed by atoms with Crippen LogP contribution in [0.4, 0.5) is 4.39 Å². The summed E-state index contributed by atoms with van der Waals surface area (Å²) in [6.07, 6.45) is 3.15. The maximum atomic E-state index is 12.9. The number of piperidine rings is 1. The Bertz CT molecular complexity index is 473. The predicted molar refractivity (Wildman–Crippen MR) is 67.0 cm³/mol. The first-order valence-electron chi connectivity index (χ1n) is 6.35. The third kappa shape index (κ3) is 3.74. The molecule has 5 nitrogen and oxygen atoms in total. The maximum absolute atomic E-state index is 12.9. The molecule has 1 fully saturated rings. The van der Waals surface area contributed by atoms with Crippen molar-refractivity contribution in [3.05, 3.63) is 29.8 Å². The lowest BCUT2D eigenvalue weighted by Crippen LogP contribution is -2.42. The van der Waals surface area contributed by atoms with E-state index < -0.39 is 11.9 Å². The summed E-state index contributed by atoms with van der Waals surface area (Å²) in [6.45, 7) is 1.41. The number of amides is 2. The quantitative estimate of drug-likeness (QED) is 0.828. The van der Waals surface area contributed by atoms with E-state index in [0.29, 0.717) is 0 Å². The van der Waals surface area contributed by atoms with Crippen LogP contribution in [0.5, 0.6) is 0 Å². The van der Waals surface area contributed by atoms with Gasteiger partial charge in [-0.3, -0.25) is 9.59 Å². The van der Waals surface area contributed by atoms with E-state index in [9.17, 15) is 14.0 Å². The molecule has 0 aliphatic carbocycles. The lowest BCUT2D eigenvalue weighted by Gasteiger charge is -2.26. The van der Waals surface area contributed by atoms with Gasteiger partial charge in [-0.2, -0.15) is 4.39 Å². The summed E-state index contributed by atoms with van der Waals surface area (Å²) in [4.78, 5) is 28.7. The van der Waals surface area contributed by atoms with Crippen LogP contribution >= 0.6 is 0 Å². The van der Waals surface area contributed by atoms with E-state index in [1.54, 1.807) is 4.90 Å². The van der Waals surface area contributed by atoms with Crippen LogP contribution in [0, 0.1) is 5.95 Å². The van der Waals surface area contributed by atoms with Gasteiger partial charge in [-0.25, -0.2) is 4.98 Å². The van der Waals surface area contributed by atoms with Crippen molar-refractivity contribution in [1.82, 2.24) is 15.2 Å². The van der Waals surface area contributed by atoms with Crippen LogP contribution < -0.4 is 5.32 Å². The molecule has 2 amide bonds. The van der Waals surface area contributed by atoms with Gasteiger partial charge in [0, 0.05) is 13.1 Å². The number of likely N-dealkylation sites (tertiary alicyclic amines) is 1. The van der Waals surface area contributed by atoms with Crippen molar-refractivity contribution in [2.24, 2.45) is 0 Å². The molecule has 0 atom stereocenters. The summed E-state index contributed by atoms with van der Waals surface area (Å²) in [6, 6.07) is 3.98. The Labute approximate surface area is 110 Å². The Balaban J connectivity index is 1.84. The fraction of sp³-hybridized carbons (Fsp3) is 0.462. The van der Waals surface area contributed by atoms with Gasteiger partial charge in [0.25, 0.3) is 5.91 Å². The summed E-state index contributed by atoms with van der Waals surface area (Å²) in [5, 5.41) is 2.46. The molecule has 0 bridgehead atoms. The zero-order chi connectivity index (χ0) is 13.7. The minimum absolute atomic E-state index is 0.0218. The Kier molecular flexibility index (Phi) is 4.43. The highest BCUT2D eigenvalue weighted by atomic mass is 19.1. The number of hydrogen-bond donors (Lipinski definition) is 1. The molecule has 0 unspecified atom stereocenters. The minimum Gasteiger partial charge on any atom is -0.342 e. The van der Waals surface area contributed by atoms with Crippen LogP contribution in [0.25, 0.3) is 0 Å². The van der Waals surface area contributed by atoms with Crippen molar-refractivity contribution in [2.45, 2.75) is 19.3 Å². The van der Waals surface area contributed by atoms with E-state index in [0.717, 1.165) is 38.4 Å². The molecule has 0 spiro atoms. The SMILES string of the molecule is O=C(NCC(=O)N1CCCCC1)c1cccc(F)n1. The molecule has 2 rings (SSSR count). The van der Waals surface area contributed by atoms with Gasteiger partial charge in [-0.05, 0) is 31.4 Å². The third-order valence-corrected chi connectivity index (χ3v) is 3.06. The molecular weight excluding hydrogens is 249 g/mol. The summed E-state index contributed by atoms with van der Waals surface area (Å²) in [5.41, 5.74) is -0.0218. The Hall–Kier alpha value is -1.98. The topological polar surface area (TPSA) is 62.3 Å². The van der Waals surface area contributed by atoms with Crippen molar-refractivity contribution in [3.8, 4) is 0 Å². The number of carbonyl (C=O) groups is 2. The number of carbonyl (C=O) groups excluding carboxylic acids is 2. The van der Waals surface area contributed by atoms with Crippen LogP contribution in [0.15, 0.2) is 18.2 Å². The van der Waals surface area contributed by atoms with E-state index >= 15 is 0 Å². The van der Waals surface area contributed by atoms with Crippen LogP contribution in [0.1, 0.15) is 29.8 Å². The van der Waals surface area contributed by atoms with Gasteiger partial charge in [0.2, 0.25) is 11.9 Å². The van der Waals surface area contributed by atoms with Gasteiger partial charge in [0.15, 0.2) is 0 Å². The minimum atomic E-state index is -0.713. The summed E-state index contributed by atoms with van der Waals surface area (Å²) in [7, 11) is 0. The zero-order valence-corrected chi connectivity index (χ0v) is 10.6. The normalized spacial score (nSPS) is 15.1. The fourth-order valence-corrected chi connectivity index (χ4v) is 2.04. The Morgan fingerprint density at radius 3 is 2.68 bits per heavy atom. The fourth-order valence-electron chi connectivity index (χ4n) is 2.04.